The highest BCUT2D eigenvalue weighted by Gasteiger charge is 2.38. The van der Waals surface area contributed by atoms with Crippen molar-refractivity contribution in [3.8, 4) is 0 Å². The fourth-order valence-corrected chi connectivity index (χ4v) is 11.7. The molecule has 0 bridgehead atoms. The molecule has 0 fully saturated rings. The minimum Gasteiger partial charge on any atom is -0.0713 e. The zero-order valence-corrected chi connectivity index (χ0v) is 12.2. The van der Waals surface area contributed by atoms with Gasteiger partial charge >= 0.3 is 0 Å². The van der Waals surface area contributed by atoms with Crippen LogP contribution >= 0.6 is 0 Å². The number of hydrogen-bond donors (Lipinski definition) is 0. The van der Waals surface area contributed by atoms with Crippen LogP contribution in [0.5, 0.6) is 0 Å². The molecule has 0 saturated heterocycles. The molecule has 0 aromatic carbocycles. The normalized spacial score (nSPS) is 15.0. The van der Waals surface area contributed by atoms with Gasteiger partial charge in [-0.3, -0.25) is 0 Å². The van der Waals surface area contributed by atoms with Gasteiger partial charge in [-0.15, -0.1) is 0 Å². The molecule has 12 heavy (non-hydrogen) atoms. The van der Waals surface area contributed by atoms with Crippen LogP contribution in [0.15, 0.2) is 0 Å². The van der Waals surface area contributed by atoms with Crippen LogP contribution in [0.1, 0.15) is 41.5 Å². The molecule has 0 aromatic rings. The van der Waals surface area contributed by atoms with E-state index in [1.807, 2.05) is 0 Å². The summed E-state index contributed by atoms with van der Waals surface area (Å²) in [4.78, 5) is 0. The summed E-state index contributed by atoms with van der Waals surface area (Å²) in [7, 11) is -0.322. The largest absolute Gasteiger partial charge is 0.0713 e. The smallest absolute Gasteiger partial charge is 0.0408 e. The Balaban J connectivity index is 4.44. The molecule has 0 aliphatic rings. The van der Waals surface area contributed by atoms with Gasteiger partial charge in [-0.2, -0.15) is 0 Å². The Labute approximate surface area is 81.8 Å². The fourth-order valence-electron chi connectivity index (χ4n) is 1.30. The average Bonchev–Trinajstić information content (AvgIpc) is 1.52. The second kappa shape index (κ2) is 3.30. The summed E-state index contributed by atoms with van der Waals surface area (Å²) in [5.74, 6) is 0. The van der Waals surface area contributed by atoms with Gasteiger partial charge in [0.05, 0.1) is 0 Å². The Kier molecular flexibility index (Phi) is 3.41. The van der Waals surface area contributed by atoms with Crippen molar-refractivity contribution >= 4 is 16.6 Å². The first-order chi connectivity index (χ1) is 4.96. The lowest BCUT2D eigenvalue weighted by molar-refractivity contribution is 0.719. The van der Waals surface area contributed by atoms with Crippen LogP contribution in [0.2, 0.25) is 23.2 Å². The average molecular weight is 201 g/mol. The third-order valence-electron chi connectivity index (χ3n) is 2.73. The van der Waals surface area contributed by atoms with Gasteiger partial charge in [0.25, 0.3) is 0 Å². The molecule has 0 unspecified atom stereocenters. The van der Waals surface area contributed by atoms with E-state index in [0.29, 0.717) is 19.1 Å². The zero-order valence-electron chi connectivity index (χ0n) is 10.1. The topological polar surface area (TPSA) is 0 Å². The first-order valence-corrected chi connectivity index (χ1v) is 10.2. The Bertz CT molecular complexity index is 146. The molecule has 1 radical (unpaired) electrons. The highest BCUT2D eigenvalue weighted by atomic mass is 29.2. The molecule has 0 aliphatic carbocycles. The first kappa shape index (κ1) is 12.4. The molecular formula is C10H25Si2. The van der Waals surface area contributed by atoms with E-state index in [4.69, 9.17) is 0 Å². The zero-order chi connectivity index (χ0) is 10.2. The van der Waals surface area contributed by atoms with Crippen LogP contribution in [0, 0.1) is 0 Å². The van der Waals surface area contributed by atoms with Gasteiger partial charge in [0, 0.05) is 16.6 Å². The van der Waals surface area contributed by atoms with Gasteiger partial charge in [0.1, 0.15) is 0 Å². The lowest BCUT2D eigenvalue weighted by Gasteiger charge is -2.40. The maximum absolute atomic E-state index is 2.55. The van der Waals surface area contributed by atoms with Crippen molar-refractivity contribution in [2.24, 2.45) is 0 Å². The van der Waals surface area contributed by atoms with E-state index in [-0.39, 0.29) is 0 Å². The van der Waals surface area contributed by atoms with Crippen LogP contribution in [0.3, 0.4) is 0 Å². The Morgan fingerprint density at radius 2 is 1.17 bits per heavy atom. The van der Waals surface area contributed by atoms with E-state index >= 15 is 0 Å². The minimum absolute atomic E-state index is 0.579. The fraction of sp³-hybridized carbons (Fsp3) is 1.00. The predicted octanol–water partition coefficient (Wildman–Crippen LogP) is 3.65. The summed E-state index contributed by atoms with van der Waals surface area (Å²) in [6.07, 6.45) is 0. The van der Waals surface area contributed by atoms with Gasteiger partial charge in [0.15, 0.2) is 0 Å². The monoisotopic (exact) mass is 201 g/mol. The highest BCUT2D eigenvalue weighted by molar-refractivity contribution is 7.25. The minimum atomic E-state index is -0.957. The van der Waals surface area contributed by atoms with Crippen molar-refractivity contribution in [2.75, 3.05) is 0 Å². The van der Waals surface area contributed by atoms with E-state index in [2.05, 4.69) is 54.6 Å². The van der Waals surface area contributed by atoms with Gasteiger partial charge in [0.2, 0.25) is 0 Å². The summed E-state index contributed by atoms with van der Waals surface area (Å²) in [6, 6.07) is 0. The maximum Gasteiger partial charge on any atom is 0.0408 e. The second-order valence-corrected chi connectivity index (χ2v) is 18.6. The summed E-state index contributed by atoms with van der Waals surface area (Å²) in [5.41, 5.74) is 0. The molecule has 0 aliphatic heterocycles. The van der Waals surface area contributed by atoms with E-state index in [1.54, 1.807) is 0 Å². The standard InChI is InChI=1S/C10H25Si2/c1-9(2,3)11-12(7,8)10(4,5)6/h11H,1-8H3. The number of rotatable bonds is 1. The molecule has 2 heteroatoms. The molecule has 73 valence electrons. The van der Waals surface area contributed by atoms with Crippen molar-refractivity contribution in [2.45, 2.75) is 64.7 Å². The van der Waals surface area contributed by atoms with Gasteiger partial charge in [-0.05, 0) is 10.1 Å². The van der Waals surface area contributed by atoms with Crippen LogP contribution in [-0.2, 0) is 0 Å². The van der Waals surface area contributed by atoms with E-state index < -0.39 is 7.59 Å². The van der Waals surface area contributed by atoms with Crippen molar-refractivity contribution in [3.63, 3.8) is 0 Å². The summed E-state index contributed by atoms with van der Waals surface area (Å²) >= 11 is 0. The van der Waals surface area contributed by atoms with Crippen molar-refractivity contribution in [1.82, 2.24) is 0 Å². The van der Waals surface area contributed by atoms with E-state index in [9.17, 15) is 0 Å². The third kappa shape index (κ3) is 3.90. The van der Waals surface area contributed by atoms with E-state index in [0.717, 1.165) is 0 Å². The quantitative estimate of drug-likeness (QED) is 0.568. The summed E-state index contributed by atoms with van der Waals surface area (Å²) < 4.78 is 0. The van der Waals surface area contributed by atoms with Crippen LogP contribution in [-0.4, -0.2) is 16.6 Å². The van der Waals surface area contributed by atoms with E-state index in [1.165, 1.54) is 0 Å². The molecule has 0 atom stereocenters. The Hall–Kier alpha value is 0.434. The highest BCUT2D eigenvalue weighted by Crippen LogP contribution is 2.39. The molecule has 0 spiro atoms. The molecule has 0 heterocycles. The first-order valence-electron chi connectivity index (χ1n) is 4.83. The van der Waals surface area contributed by atoms with Crippen LogP contribution in [0.4, 0.5) is 0 Å². The number of hydrogen-bond acceptors (Lipinski definition) is 0. The predicted molar refractivity (Wildman–Crippen MR) is 64.1 cm³/mol. The lowest BCUT2D eigenvalue weighted by atomic mass is 10.2. The molecule has 0 rings (SSSR count). The molecule has 0 aromatic heterocycles. The summed E-state index contributed by atoms with van der Waals surface area (Å²) in [6.45, 7) is 19.5. The van der Waals surface area contributed by atoms with Gasteiger partial charge < -0.3 is 0 Å². The Morgan fingerprint density at radius 3 is 1.25 bits per heavy atom. The van der Waals surface area contributed by atoms with Crippen LogP contribution < -0.4 is 0 Å². The SMILES string of the molecule is CC(C)(C)[SiH][Si](C)(C)C(C)(C)C. The molecular weight excluding hydrogens is 176 g/mol. The van der Waals surface area contributed by atoms with Gasteiger partial charge in [-0.25, -0.2) is 0 Å². The Morgan fingerprint density at radius 1 is 0.833 bits per heavy atom. The van der Waals surface area contributed by atoms with Crippen molar-refractivity contribution in [1.29, 1.82) is 0 Å². The molecule has 0 N–H and O–H groups in total. The summed E-state index contributed by atoms with van der Waals surface area (Å²) in [5, 5.41) is 1.17. The van der Waals surface area contributed by atoms with Gasteiger partial charge in [-0.1, -0.05) is 54.6 Å². The lowest BCUT2D eigenvalue weighted by Crippen LogP contribution is -2.47. The molecule has 0 nitrogen and oxygen atoms in total. The molecule has 0 saturated carbocycles. The second-order valence-electron chi connectivity index (χ2n) is 6.48. The molecule has 0 amide bonds. The maximum atomic E-state index is 2.55. The van der Waals surface area contributed by atoms with Crippen molar-refractivity contribution < 1.29 is 0 Å². The van der Waals surface area contributed by atoms with Crippen molar-refractivity contribution in [3.05, 3.63) is 0 Å². The third-order valence-corrected chi connectivity index (χ3v) is 15.5. The van der Waals surface area contributed by atoms with Crippen LogP contribution in [0.25, 0.3) is 0 Å².